The third-order valence-corrected chi connectivity index (χ3v) is 9.33. The number of nitrogens with zero attached hydrogens (tertiary/aromatic N) is 4. The standard InChI is InChI=1S/C24H26FN7O9S3/c25-6-7-40-17-3-1-2-15(8-17)10-27-43(36,37)14-20(23(34)35)28-22(33)12-32-11-16(30-31-32)13-41-18-4-5-21-19(9-18)29-24(42-21)44(26,38)39/h1-5,8-9,11,20,27H,6-7,10,12-14H2,(H,28,33)(H,34,35)(H2,26,38,39)/t20-/m0/s1. The maximum absolute atomic E-state index is 12.5. The zero-order valence-corrected chi connectivity index (χ0v) is 25.1. The number of carboxylic acid groups (broad SMARTS) is 1. The van der Waals surface area contributed by atoms with E-state index in [1.165, 1.54) is 18.3 Å². The highest BCUT2D eigenvalue weighted by molar-refractivity contribution is 7.91. The van der Waals surface area contributed by atoms with Gasteiger partial charge < -0.3 is 19.9 Å². The highest BCUT2D eigenvalue weighted by Crippen LogP contribution is 2.28. The van der Waals surface area contributed by atoms with Crippen molar-refractivity contribution in [1.29, 1.82) is 0 Å². The van der Waals surface area contributed by atoms with Crippen molar-refractivity contribution >= 4 is 53.5 Å². The van der Waals surface area contributed by atoms with Crippen molar-refractivity contribution in [2.24, 2.45) is 5.14 Å². The van der Waals surface area contributed by atoms with Gasteiger partial charge in [0.2, 0.25) is 20.3 Å². The molecular weight excluding hydrogens is 646 g/mol. The summed E-state index contributed by atoms with van der Waals surface area (Å²) in [5, 5.41) is 24.4. The number of carboxylic acids is 1. The second-order valence-electron chi connectivity index (χ2n) is 9.10. The third kappa shape index (κ3) is 9.38. The van der Waals surface area contributed by atoms with Crippen LogP contribution < -0.4 is 24.7 Å². The summed E-state index contributed by atoms with van der Waals surface area (Å²) in [4.78, 5) is 28.2. The van der Waals surface area contributed by atoms with Crippen LogP contribution in [0.5, 0.6) is 11.5 Å². The summed E-state index contributed by atoms with van der Waals surface area (Å²) in [5.74, 6) is -2.64. The first kappa shape index (κ1) is 32.7. The molecule has 0 saturated carbocycles. The summed E-state index contributed by atoms with van der Waals surface area (Å²) in [7, 11) is -8.10. The van der Waals surface area contributed by atoms with E-state index < -0.39 is 56.9 Å². The van der Waals surface area contributed by atoms with Crippen molar-refractivity contribution in [2.45, 2.75) is 30.1 Å². The van der Waals surface area contributed by atoms with Crippen LogP contribution in [0, 0.1) is 0 Å². The van der Waals surface area contributed by atoms with E-state index in [4.69, 9.17) is 14.6 Å². The van der Waals surface area contributed by atoms with Crippen molar-refractivity contribution in [3.8, 4) is 11.5 Å². The van der Waals surface area contributed by atoms with Crippen LogP contribution in [-0.2, 0) is 49.3 Å². The summed E-state index contributed by atoms with van der Waals surface area (Å²) >= 11 is 0.918. The number of fused-ring (bicyclic) bond motifs is 1. The Balaban J connectivity index is 1.28. The van der Waals surface area contributed by atoms with E-state index in [2.05, 4.69) is 25.3 Å². The van der Waals surface area contributed by atoms with Crippen LogP contribution in [0.4, 0.5) is 4.39 Å². The molecule has 2 heterocycles. The Kier molecular flexibility index (Phi) is 10.4. The molecule has 4 rings (SSSR count). The molecule has 5 N–H and O–H groups in total. The Morgan fingerprint density at radius 1 is 1.11 bits per heavy atom. The van der Waals surface area contributed by atoms with Gasteiger partial charge in [-0.3, -0.25) is 4.79 Å². The number of benzene rings is 2. The van der Waals surface area contributed by atoms with E-state index in [-0.39, 0.29) is 24.1 Å². The molecular formula is C24H26FN7O9S3. The van der Waals surface area contributed by atoms with E-state index in [9.17, 15) is 35.9 Å². The highest BCUT2D eigenvalue weighted by Gasteiger charge is 2.27. The van der Waals surface area contributed by atoms with E-state index in [1.54, 1.807) is 30.3 Å². The molecule has 0 unspecified atom stereocenters. The van der Waals surface area contributed by atoms with Gasteiger partial charge in [0.25, 0.3) is 10.0 Å². The molecule has 44 heavy (non-hydrogen) atoms. The van der Waals surface area contributed by atoms with Gasteiger partial charge in [0.05, 0.1) is 22.2 Å². The van der Waals surface area contributed by atoms with Gasteiger partial charge in [-0.25, -0.2) is 45.5 Å². The minimum absolute atomic E-state index is 0.0775. The van der Waals surface area contributed by atoms with Gasteiger partial charge >= 0.3 is 5.97 Å². The average Bonchev–Trinajstić information content (AvgIpc) is 3.60. The highest BCUT2D eigenvalue weighted by atomic mass is 32.2. The van der Waals surface area contributed by atoms with Gasteiger partial charge in [-0.15, -0.1) is 16.4 Å². The largest absolute Gasteiger partial charge is 0.491 e. The zero-order valence-electron chi connectivity index (χ0n) is 22.6. The summed E-state index contributed by atoms with van der Waals surface area (Å²) in [6, 6.07) is 9.26. The Morgan fingerprint density at radius 3 is 2.61 bits per heavy atom. The molecule has 0 aliphatic rings. The van der Waals surface area contributed by atoms with Crippen LogP contribution in [0.2, 0.25) is 0 Å². The molecule has 4 aromatic rings. The molecule has 236 valence electrons. The maximum Gasteiger partial charge on any atom is 0.327 e. The topological polar surface area (TPSA) is 235 Å². The van der Waals surface area contributed by atoms with Crippen LogP contribution in [0.1, 0.15) is 11.3 Å². The number of sulfonamides is 2. The summed E-state index contributed by atoms with van der Waals surface area (Å²) in [5.41, 5.74) is 1.17. The lowest BCUT2D eigenvalue weighted by molar-refractivity contribution is -0.141. The third-order valence-electron chi connectivity index (χ3n) is 5.62. The van der Waals surface area contributed by atoms with Gasteiger partial charge in [0, 0.05) is 12.6 Å². The van der Waals surface area contributed by atoms with Crippen LogP contribution in [0.15, 0.2) is 53.0 Å². The fourth-order valence-electron chi connectivity index (χ4n) is 3.67. The van der Waals surface area contributed by atoms with Gasteiger partial charge in [0.1, 0.15) is 49.7 Å². The second-order valence-corrected chi connectivity index (χ2v) is 13.7. The predicted octanol–water partition coefficient (Wildman–Crippen LogP) is 0.152. The monoisotopic (exact) mass is 671 g/mol. The predicted molar refractivity (Wildman–Crippen MR) is 153 cm³/mol. The first-order valence-electron chi connectivity index (χ1n) is 12.5. The van der Waals surface area contributed by atoms with Gasteiger partial charge in [0.15, 0.2) is 0 Å². The number of halogens is 1. The van der Waals surface area contributed by atoms with Crippen molar-refractivity contribution < 1.29 is 45.4 Å². The fraction of sp³-hybridized carbons (Fsp3) is 0.292. The van der Waals surface area contributed by atoms with Crippen molar-refractivity contribution in [1.82, 2.24) is 30.0 Å². The van der Waals surface area contributed by atoms with Crippen LogP contribution in [0.25, 0.3) is 10.2 Å². The summed E-state index contributed by atoms with van der Waals surface area (Å²) < 4.78 is 75.0. The molecule has 2 aromatic carbocycles. The summed E-state index contributed by atoms with van der Waals surface area (Å²) in [6.45, 7) is -1.57. The van der Waals surface area contributed by atoms with E-state index in [0.29, 0.717) is 33.0 Å². The summed E-state index contributed by atoms with van der Waals surface area (Å²) in [6.07, 6.45) is 1.37. The molecule has 16 nitrogen and oxygen atoms in total. The Morgan fingerprint density at radius 2 is 1.89 bits per heavy atom. The van der Waals surface area contributed by atoms with Gasteiger partial charge in [-0.05, 0) is 29.8 Å². The van der Waals surface area contributed by atoms with E-state index >= 15 is 0 Å². The first-order valence-corrected chi connectivity index (χ1v) is 16.6. The number of thiazole rings is 1. The number of carbonyl (C=O) groups excluding carboxylic acids is 1. The molecule has 0 radical (unpaired) electrons. The normalized spacial score (nSPS) is 12.6. The Labute approximate surface area is 254 Å². The SMILES string of the molecule is NS(=O)(=O)c1nc2cc(OCc3cn(CC(=O)N[C@@H](CS(=O)(=O)NCc4cccc(OCCF)c4)C(=O)O)nn3)ccc2s1. The molecule has 0 saturated heterocycles. The van der Waals surface area contributed by atoms with Crippen molar-refractivity contribution in [3.05, 3.63) is 59.9 Å². The van der Waals surface area contributed by atoms with E-state index in [1.807, 2.05) is 0 Å². The Hall–Kier alpha value is -4.24. The molecule has 0 spiro atoms. The van der Waals surface area contributed by atoms with Crippen molar-refractivity contribution in [2.75, 3.05) is 19.0 Å². The number of aromatic nitrogens is 4. The molecule has 0 aliphatic heterocycles. The molecule has 2 aromatic heterocycles. The first-order chi connectivity index (χ1) is 20.8. The van der Waals surface area contributed by atoms with Crippen molar-refractivity contribution in [3.63, 3.8) is 0 Å². The molecule has 0 fully saturated rings. The lowest BCUT2D eigenvalue weighted by Crippen LogP contribution is -2.48. The number of ether oxygens (including phenoxy) is 2. The fourth-order valence-corrected chi connectivity index (χ4v) is 6.48. The molecule has 1 atom stereocenters. The number of amides is 1. The number of rotatable bonds is 16. The number of aliphatic carboxylic acids is 1. The molecule has 0 bridgehead atoms. The van der Waals surface area contributed by atoms with Crippen LogP contribution in [-0.4, -0.2) is 78.9 Å². The number of primary sulfonamides is 1. The number of hydrogen-bond acceptors (Lipinski definition) is 12. The van der Waals surface area contributed by atoms with Gasteiger partial charge in [-0.2, -0.15) is 0 Å². The number of carbonyl (C=O) groups is 2. The van der Waals surface area contributed by atoms with E-state index in [0.717, 1.165) is 16.0 Å². The number of nitrogens with one attached hydrogen (secondary N) is 2. The lowest BCUT2D eigenvalue weighted by atomic mass is 10.2. The lowest BCUT2D eigenvalue weighted by Gasteiger charge is -2.15. The average molecular weight is 672 g/mol. The second kappa shape index (κ2) is 14.0. The smallest absolute Gasteiger partial charge is 0.327 e. The number of alkyl halides is 1. The van der Waals surface area contributed by atoms with Crippen LogP contribution in [0.3, 0.4) is 0 Å². The maximum atomic E-state index is 12.5. The number of hydrogen-bond donors (Lipinski definition) is 4. The van der Waals surface area contributed by atoms with Gasteiger partial charge in [-0.1, -0.05) is 17.3 Å². The Bertz CT molecular complexity index is 1860. The molecule has 20 heteroatoms. The zero-order chi connectivity index (χ0) is 31.9. The quantitative estimate of drug-likeness (QED) is 0.125. The molecule has 1 amide bonds. The molecule has 0 aliphatic carbocycles. The van der Waals surface area contributed by atoms with Crippen LogP contribution >= 0.6 is 11.3 Å². The minimum Gasteiger partial charge on any atom is -0.491 e. The number of nitrogens with two attached hydrogens (primary N) is 1. The minimum atomic E-state index is -4.16.